The first-order chi connectivity index (χ1) is 22.1. The third-order valence-electron chi connectivity index (χ3n) is 9.51. The van der Waals surface area contributed by atoms with E-state index in [0.29, 0.717) is 36.6 Å². The highest BCUT2D eigenvalue weighted by Gasteiger charge is 2.36. The monoisotopic (exact) mass is 626 g/mol. The largest absolute Gasteiger partial charge is 0.416 e. The first-order valence-electron chi connectivity index (χ1n) is 15.6. The molecule has 0 unspecified atom stereocenters. The molecule has 1 saturated heterocycles. The Morgan fingerprint density at radius 1 is 0.848 bits per heavy atom. The second kappa shape index (κ2) is 11.5. The molecule has 46 heavy (non-hydrogen) atoms. The number of aryl methyl sites for hydroxylation is 1. The zero-order chi connectivity index (χ0) is 32.2. The number of fused-ring (bicyclic) bond motifs is 5. The number of nitrogens with one attached hydrogen (secondary N) is 1. The molecule has 0 spiro atoms. The van der Waals surface area contributed by atoms with Gasteiger partial charge in [-0.1, -0.05) is 30.3 Å². The number of nitrogens with zero attached hydrogens (tertiary/aromatic N) is 3. The number of carbonyl (C=O) groups excluding carboxylic acids is 2. The zero-order valence-electron chi connectivity index (χ0n) is 25.3. The maximum Gasteiger partial charge on any atom is 0.416 e. The van der Waals surface area contributed by atoms with Crippen molar-refractivity contribution < 1.29 is 22.8 Å². The summed E-state index contributed by atoms with van der Waals surface area (Å²) in [5.41, 5.74) is 3.20. The second-order valence-electron chi connectivity index (χ2n) is 12.6. The standard InChI is InChI=1S/C36H33F3N4O3/c1-22-12-13-24-6-2-3-9-31(24)43(22)35(46)26-14-15-32(29(18-26)40-34(45)25-7-4-8-28(17-25)36(37,38)39)41-19-23-16-27(21-41)30-10-5-11-33(44)42(30)20-23/h2-11,14-15,17-18,22-23,27H,12-13,16,19-21H2,1H3,(H,40,45)/t22-,23+,27-/m0/s1. The summed E-state index contributed by atoms with van der Waals surface area (Å²) in [4.78, 5) is 44.1. The number of rotatable bonds is 4. The van der Waals surface area contributed by atoms with Crippen molar-refractivity contribution in [2.75, 3.05) is 28.2 Å². The first-order valence-corrected chi connectivity index (χ1v) is 15.6. The minimum Gasteiger partial charge on any atom is -0.369 e. The van der Waals surface area contributed by atoms with Crippen molar-refractivity contribution in [2.45, 2.75) is 50.9 Å². The predicted octanol–water partition coefficient (Wildman–Crippen LogP) is 6.72. The summed E-state index contributed by atoms with van der Waals surface area (Å²) in [7, 11) is 0. The van der Waals surface area contributed by atoms with Crippen LogP contribution in [0, 0.1) is 5.92 Å². The van der Waals surface area contributed by atoms with Crippen LogP contribution in [0.15, 0.2) is 89.7 Å². The van der Waals surface area contributed by atoms with Crippen molar-refractivity contribution in [3.8, 4) is 0 Å². The fourth-order valence-corrected chi connectivity index (χ4v) is 7.31. The summed E-state index contributed by atoms with van der Waals surface area (Å²) in [5.74, 6) is -0.655. The number of aromatic nitrogens is 1. The molecule has 4 heterocycles. The van der Waals surface area contributed by atoms with Gasteiger partial charge >= 0.3 is 6.18 Å². The van der Waals surface area contributed by atoms with Crippen molar-refractivity contribution in [1.82, 2.24) is 4.57 Å². The van der Waals surface area contributed by atoms with Gasteiger partial charge in [0.1, 0.15) is 0 Å². The average Bonchev–Trinajstić information content (AvgIpc) is 3.04. The minimum absolute atomic E-state index is 0.0222. The van der Waals surface area contributed by atoms with Gasteiger partial charge in [-0.3, -0.25) is 14.4 Å². The molecular formula is C36H33F3N4O3. The number of hydrogen-bond donors (Lipinski definition) is 1. The summed E-state index contributed by atoms with van der Waals surface area (Å²) in [6, 6.07) is 22.6. The third kappa shape index (κ3) is 5.46. The van der Waals surface area contributed by atoms with Crippen LogP contribution in [0.2, 0.25) is 0 Å². The molecule has 236 valence electrons. The van der Waals surface area contributed by atoms with Crippen molar-refractivity contribution in [1.29, 1.82) is 0 Å². The Labute approximate surface area is 264 Å². The molecule has 4 aromatic rings. The van der Waals surface area contributed by atoms with Gasteiger partial charge in [0.2, 0.25) is 0 Å². The summed E-state index contributed by atoms with van der Waals surface area (Å²) < 4.78 is 42.2. The van der Waals surface area contributed by atoms with Gasteiger partial charge in [0.15, 0.2) is 0 Å². The summed E-state index contributed by atoms with van der Waals surface area (Å²) >= 11 is 0. The van der Waals surface area contributed by atoms with Gasteiger partial charge in [-0.05, 0) is 86.2 Å². The van der Waals surface area contributed by atoms with Crippen LogP contribution in [-0.2, 0) is 19.1 Å². The number of pyridine rings is 1. The van der Waals surface area contributed by atoms with E-state index >= 15 is 0 Å². The molecule has 0 aliphatic carbocycles. The number of para-hydroxylation sites is 1. The van der Waals surface area contributed by atoms with Crippen LogP contribution >= 0.6 is 0 Å². The van der Waals surface area contributed by atoms with Crippen LogP contribution in [0.4, 0.5) is 30.2 Å². The Kier molecular flexibility index (Phi) is 7.45. The molecule has 3 aliphatic rings. The zero-order valence-corrected chi connectivity index (χ0v) is 25.3. The van der Waals surface area contributed by atoms with Gasteiger partial charge in [-0.25, -0.2) is 0 Å². The van der Waals surface area contributed by atoms with Gasteiger partial charge in [0.05, 0.1) is 16.9 Å². The van der Waals surface area contributed by atoms with Gasteiger partial charge in [-0.15, -0.1) is 0 Å². The summed E-state index contributed by atoms with van der Waals surface area (Å²) in [6.45, 7) is 3.79. The average molecular weight is 627 g/mol. The van der Waals surface area contributed by atoms with Gasteiger partial charge in [-0.2, -0.15) is 13.2 Å². The van der Waals surface area contributed by atoms with E-state index in [1.807, 2.05) is 47.9 Å². The van der Waals surface area contributed by atoms with Crippen LogP contribution in [0.3, 0.4) is 0 Å². The van der Waals surface area contributed by atoms with Crippen LogP contribution in [-0.4, -0.2) is 35.5 Å². The maximum atomic E-state index is 14.1. The molecule has 0 radical (unpaired) electrons. The number of halogens is 3. The molecule has 0 saturated carbocycles. The van der Waals surface area contributed by atoms with Crippen LogP contribution in [0.1, 0.15) is 63.2 Å². The molecule has 1 fully saturated rings. The van der Waals surface area contributed by atoms with E-state index in [0.717, 1.165) is 48.3 Å². The number of anilines is 3. The lowest BCUT2D eigenvalue weighted by Gasteiger charge is -2.44. The Morgan fingerprint density at radius 3 is 2.48 bits per heavy atom. The maximum absolute atomic E-state index is 14.1. The molecule has 3 atom stereocenters. The molecule has 7 rings (SSSR count). The molecule has 3 aliphatic heterocycles. The SMILES string of the molecule is C[C@H]1CCc2ccccc2N1C(=O)c1ccc(N2C[C@H]3C[C@@H](C2)c2cccc(=O)n2C3)c(NC(=O)c2cccc(C(F)(F)F)c2)c1. The highest BCUT2D eigenvalue weighted by atomic mass is 19.4. The van der Waals surface area contributed by atoms with Crippen LogP contribution in [0.5, 0.6) is 0 Å². The smallest absolute Gasteiger partial charge is 0.369 e. The van der Waals surface area contributed by atoms with E-state index in [9.17, 15) is 27.6 Å². The third-order valence-corrected chi connectivity index (χ3v) is 9.51. The number of hydrogen-bond acceptors (Lipinski definition) is 4. The topological polar surface area (TPSA) is 74.7 Å². The number of piperidine rings is 1. The van der Waals surface area contributed by atoms with Crippen molar-refractivity contribution in [3.05, 3.63) is 123 Å². The van der Waals surface area contributed by atoms with E-state index in [1.54, 1.807) is 29.2 Å². The van der Waals surface area contributed by atoms with Crippen LogP contribution in [0.25, 0.3) is 0 Å². The van der Waals surface area contributed by atoms with E-state index in [2.05, 4.69) is 10.2 Å². The molecule has 10 heteroatoms. The lowest BCUT2D eigenvalue weighted by molar-refractivity contribution is -0.137. The Hall–Kier alpha value is -4.86. The number of benzene rings is 3. The Bertz CT molecular complexity index is 1900. The van der Waals surface area contributed by atoms with E-state index in [-0.39, 0.29) is 34.9 Å². The molecule has 3 aromatic carbocycles. The molecular weight excluding hydrogens is 593 g/mol. The van der Waals surface area contributed by atoms with Gasteiger partial charge in [0.25, 0.3) is 17.4 Å². The lowest BCUT2D eigenvalue weighted by Crippen LogP contribution is -2.47. The first kappa shape index (κ1) is 29.8. The molecule has 2 bridgehead atoms. The highest BCUT2D eigenvalue weighted by Crippen LogP contribution is 2.40. The van der Waals surface area contributed by atoms with E-state index < -0.39 is 17.6 Å². The lowest BCUT2D eigenvalue weighted by atomic mass is 9.83. The summed E-state index contributed by atoms with van der Waals surface area (Å²) in [5, 5.41) is 2.85. The Morgan fingerprint density at radius 2 is 1.65 bits per heavy atom. The molecule has 1 N–H and O–H groups in total. The van der Waals surface area contributed by atoms with Gasteiger partial charge in [0, 0.05) is 60.2 Å². The second-order valence-corrected chi connectivity index (χ2v) is 12.6. The molecule has 7 nitrogen and oxygen atoms in total. The van der Waals surface area contributed by atoms with Crippen molar-refractivity contribution >= 4 is 28.9 Å². The quantitative estimate of drug-likeness (QED) is 0.273. The summed E-state index contributed by atoms with van der Waals surface area (Å²) in [6.07, 6.45) is -2.00. The fourth-order valence-electron chi connectivity index (χ4n) is 7.31. The Balaban J connectivity index is 1.26. The number of amides is 2. The van der Waals surface area contributed by atoms with Crippen molar-refractivity contribution in [2.24, 2.45) is 5.92 Å². The van der Waals surface area contributed by atoms with E-state index in [4.69, 9.17) is 0 Å². The molecule has 2 amide bonds. The van der Waals surface area contributed by atoms with E-state index in [1.165, 1.54) is 12.1 Å². The van der Waals surface area contributed by atoms with Gasteiger partial charge < -0.3 is 19.7 Å². The highest BCUT2D eigenvalue weighted by molar-refractivity contribution is 6.10. The molecule has 1 aromatic heterocycles. The number of carbonyl (C=O) groups is 2. The minimum atomic E-state index is -4.60. The van der Waals surface area contributed by atoms with Crippen LogP contribution < -0.4 is 20.7 Å². The normalized spacial score (nSPS) is 20.5. The fraction of sp³-hybridized carbons (Fsp3) is 0.306. The van der Waals surface area contributed by atoms with Crippen molar-refractivity contribution in [3.63, 3.8) is 0 Å². The number of alkyl halides is 3. The predicted molar refractivity (Wildman–Crippen MR) is 171 cm³/mol.